The molecule has 3 rings (SSSR count). The maximum absolute atomic E-state index is 12.2. The molecular formula is C20H18N2O5. The Hall–Kier alpha value is -3.45. The number of nitrogens with zero attached hydrogens (tertiary/aromatic N) is 1. The molecule has 2 N–H and O–H groups in total. The molecule has 0 aliphatic rings. The summed E-state index contributed by atoms with van der Waals surface area (Å²) in [6, 6.07) is 14.9. The largest absolute Gasteiger partial charge is 0.459 e. The highest BCUT2D eigenvalue weighted by atomic mass is 16.6. The number of non-ortho nitro benzene ring substituents is 1. The Labute approximate surface area is 155 Å². The number of benzene rings is 2. The number of rotatable bonds is 6. The summed E-state index contributed by atoms with van der Waals surface area (Å²) >= 11 is 0. The molecule has 0 fully saturated rings. The van der Waals surface area contributed by atoms with Crippen LogP contribution >= 0.6 is 0 Å². The van der Waals surface area contributed by atoms with Gasteiger partial charge in [-0.05, 0) is 48.4 Å². The van der Waals surface area contributed by atoms with Crippen molar-refractivity contribution in [2.75, 3.05) is 5.32 Å². The molecule has 27 heavy (non-hydrogen) atoms. The molecule has 0 saturated heterocycles. The molecule has 1 heterocycles. The minimum atomic E-state index is -0.475. The summed E-state index contributed by atoms with van der Waals surface area (Å²) in [7, 11) is 0. The van der Waals surface area contributed by atoms with Crippen LogP contribution in [0.5, 0.6) is 0 Å². The lowest BCUT2D eigenvalue weighted by atomic mass is 10.1. The fraction of sp³-hybridized carbons (Fsp3) is 0.150. The fourth-order valence-electron chi connectivity index (χ4n) is 2.75. The number of hydrogen-bond donors (Lipinski definition) is 2. The molecule has 0 aliphatic carbocycles. The van der Waals surface area contributed by atoms with Gasteiger partial charge >= 0.3 is 0 Å². The molecule has 1 aromatic heterocycles. The number of hydrogen-bond acceptors (Lipinski definition) is 5. The summed E-state index contributed by atoms with van der Waals surface area (Å²) < 4.78 is 5.54. The van der Waals surface area contributed by atoms with Crippen LogP contribution in [0.4, 0.5) is 11.4 Å². The molecule has 0 bridgehead atoms. The van der Waals surface area contributed by atoms with Gasteiger partial charge in [0.2, 0.25) is 5.91 Å². The summed E-state index contributed by atoms with van der Waals surface area (Å²) in [5.74, 6) is 0.932. The molecule has 0 atom stereocenters. The van der Waals surface area contributed by atoms with E-state index >= 15 is 0 Å². The lowest BCUT2D eigenvalue weighted by Crippen LogP contribution is -2.14. The fourth-order valence-corrected chi connectivity index (χ4v) is 2.75. The van der Waals surface area contributed by atoms with Gasteiger partial charge in [0.25, 0.3) is 5.69 Å². The van der Waals surface area contributed by atoms with Gasteiger partial charge in [-0.2, -0.15) is 0 Å². The quantitative estimate of drug-likeness (QED) is 0.509. The summed E-state index contributed by atoms with van der Waals surface area (Å²) in [5, 5.41) is 22.6. The van der Waals surface area contributed by atoms with E-state index in [2.05, 4.69) is 5.32 Å². The predicted molar refractivity (Wildman–Crippen MR) is 100 cm³/mol. The molecule has 0 radical (unpaired) electrons. The first kappa shape index (κ1) is 18.3. The van der Waals surface area contributed by atoms with Gasteiger partial charge in [0.15, 0.2) is 0 Å². The van der Waals surface area contributed by atoms with E-state index in [0.29, 0.717) is 22.8 Å². The highest BCUT2D eigenvalue weighted by molar-refractivity contribution is 5.92. The monoisotopic (exact) mass is 366 g/mol. The normalized spacial score (nSPS) is 10.6. The van der Waals surface area contributed by atoms with Gasteiger partial charge in [-0.1, -0.05) is 12.1 Å². The van der Waals surface area contributed by atoms with Crippen LogP contribution in [-0.4, -0.2) is 15.9 Å². The summed E-state index contributed by atoms with van der Waals surface area (Å²) in [5.41, 5.74) is 3.13. The second kappa shape index (κ2) is 7.84. The third-order valence-electron chi connectivity index (χ3n) is 4.10. The van der Waals surface area contributed by atoms with Crippen LogP contribution in [-0.2, 0) is 17.8 Å². The van der Waals surface area contributed by atoms with Crippen molar-refractivity contribution in [3.63, 3.8) is 0 Å². The number of aryl methyl sites for hydroxylation is 1. The number of nitro groups is 1. The summed E-state index contributed by atoms with van der Waals surface area (Å²) in [6.07, 6.45) is 0.122. The van der Waals surface area contributed by atoms with Gasteiger partial charge in [0.1, 0.15) is 18.1 Å². The van der Waals surface area contributed by atoms with Crippen LogP contribution in [0.25, 0.3) is 11.3 Å². The van der Waals surface area contributed by atoms with Gasteiger partial charge in [-0.15, -0.1) is 0 Å². The molecule has 0 saturated carbocycles. The SMILES string of the molecule is Cc1cc(NC(=O)Cc2ccc([N+](=O)[O-])cc2)ccc1-c1ccc(CO)o1. The first-order valence-corrected chi connectivity index (χ1v) is 8.30. The first-order valence-electron chi connectivity index (χ1n) is 8.30. The van der Waals surface area contributed by atoms with Crippen molar-refractivity contribution in [2.24, 2.45) is 0 Å². The molecule has 2 aromatic carbocycles. The minimum Gasteiger partial charge on any atom is -0.459 e. The van der Waals surface area contributed by atoms with Crippen LogP contribution < -0.4 is 5.32 Å². The molecule has 3 aromatic rings. The van der Waals surface area contributed by atoms with Gasteiger partial charge in [0, 0.05) is 23.4 Å². The maximum Gasteiger partial charge on any atom is 0.269 e. The number of aliphatic hydroxyl groups excluding tert-OH is 1. The number of aliphatic hydroxyl groups is 1. The second-order valence-electron chi connectivity index (χ2n) is 6.10. The molecule has 0 unspecified atom stereocenters. The lowest BCUT2D eigenvalue weighted by Gasteiger charge is -2.09. The Morgan fingerprint density at radius 3 is 2.48 bits per heavy atom. The first-order chi connectivity index (χ1) is 13.0. The zero-order valence-electron chi connectivity index (χ0n) is 14.6. The van der Waals surface area contributed by atoms with Gasteiger partial charge in [-0.3, -0.25) is 14.9 Å². The smallest absolute Gasteiger partial charge is 0.269 e. The highest BCUT2D eigenvalue weighted by Crippen LogP contribution is 2.28. The predicted octanol–water partition coefficient (Wildman–Crippen LogP) is 3.84. The van der Waals surface area contributed by atoms with Crippen molar-refractivity contribution in [3.05, 3.63) is 81.6 Å². The summed E-state index contributed by atoms with van der Waals surface area (Å²) in [6.45, 7) is 1.75. The van der Waals surface area contributed by atoms with E-state index in [1.807, 2.05) is 19.1 Å². The summed E-state index contributed by atoms with van der Waals surface area (Å²) in [4.78, 5) is 22.4. The molecule has 0 aliphatic heterocycles. The third kappa shape index (κ3) is 4.39. The molecule has 7 heteroatoms. The van der Waals surface area contributed by atoms with E-state index in [4.69, 9.17) is 9.52 Å². The number of carbonyl (C=O) groups is 1. The third-order valence-corrected chi connectivity index (χ3v) is 4.10. The average molecular weight is 366 g/mol. The Balaban J connectivity index is 1.67. The minimum absolute atomic E-state index is 0.00680. The van der Waals surface area contributed by atoms with Crippen LogP contribution in [0, 0.1) is 17.0 Å². The Morgan fingerprint density at radius 2 is 1.89 bits per heavy atom. The number of anilines is 1. The van der Waals surface area contributed by atoms with Crippen molar-refractivity contribution in [1.29, 1.82) is 0 Å². The Kier molecular flexibility index (Phi) is 5.33. The van der Waals surface area contributed by atoms with Gasteiger partial charge < -0.3 is 14.8 Å². The number of carbonyl (C=O) groups excluding carboxylic acids is 1. The van der Waals surface area contributed by atoms with E-state index in [0.717, 1.165) is 11.1 Å². The topological polar surface area (TPSA) is 106 Å². The Bertz CT molecular complexity index is 976. The van der Waals surface area contributed by atoms with Crippen molar-refractivity contribution in [1.82, 2.24) is 0 Å². The highest BCUT2D eigenvalue weighted by Gasteiger charge is 2.11. The van der Waals surface area contributed by atoms with Crippen LogP contribution in [0.1, 0.15) is 16.9 Å². The molecular weight excluding hydrogens is 348 g/mol. The van der Waals surface area contributed by atoms with Crippen molar-refractivity contribution >= 4 is 17.3 Å². The van der Waals surface area contributed by atoms with Gasteiger partial charge in [0.05, 0.1) is 11.3 Å². The zero-order chi connectivity index (χ0) is 19.4. The lowest BCUT2D eigenvalue weighted by molar-refractivity contribution is -0.384. The Morgan fingerprint density at radius 1 is 1.15 bits per heavy atom. The van der Waals surface area contributed by atoms with E-state index in [-0.39, 0.29) is 24.6 Å². The zero-order valence-corrected chi connectivity index (χ0v) is 14.6. The number of nitrogens with one attached hydrogen (secondary N) is 1. The van der Waals surface area contributed by atoms with E-state index in [9.17, 15) is 14.9 Å². The van der Waals surface area contributed by atoms with E-state index in [1.54, 1.807) is 30.3 Å². The molecule has 7 nitrogen and oxygen atoms in total. The van der Waals surface area contributed by atoms with Gasteiger partial charge in [-0.25, -0.2) is 0 Å². The van der Waals surface area contributed by atoms with E-state index in [1.165, 1.54) is 12.1 Å². The number of furan rings is 1. The maximum atomic E-state index is 12.2. The standard InChI is InChI=1S/C20H18N2O5/c1-13-10-15(4-8-18(13)19-9-7-17(12-23)27-19)21-20(24)11-14-2-5-16(6-3-14)22(25)26/h2-10,23H,11-12H2,1H3,(H,21,24). The van der Waals surface area contributed by atoms with Crippen LogP contribution in [0.2, 0.25) is 0 Å². The average Bonchev–Trinajstić information content (AvgIpc) is 3.11. The second-order valence-corrected chi connectivity index (χ2v) is 6.10. The van der Waals surface area contributed by atoms with Crippen LogP contribution in [0.3, 0.4) is 0 Å². The molecule has 138 valence electrons. The number of nitro benzene ring substituents is 1. The van der Waals surface area contributed by atoms with Crippen molar-refractivity contribution in [3.8, 4) is 11.3 Å². The van der Waals surface area contributed by atoms with Crippen molar-refractivity contribution < 1.29 is 19.2 Å². The van der Waals surface area contributed by atoms with Crippen LogP contribution in [0.15, 0.2) is 59.0 Å². The molecule has 0 spiro atoms. The number of amides is 1. The molecule has 1 amide bonds. The van der Waals surface area contributed by atoms with E-state index < -0.39 is 4.92 Å². The van der Waals surface area contributed by atoms with Crippen molar-refractivity contribution in [2.45, 2.75) is 20.0 Å².